The van der Waals surface area contributed by atoms with Gasteiger partial charge in [-0.05, 0) is 12.1 Å². The number of pyridine rings is 1. The number of benzene rings is 1. The zero-order valence-electron chi connectivity index (χ0n) is 8.88. The zero-order valence-corrected chi connectivity index (χ0v) is 9.70. The molecule has 3 rings (SSSR count). The van der Waals surface area contributed by atoms with Crippen LogP contribution >= 0.6 is 11.8 Å². The molecule has 0 saturated heterocycles. The van der Waals surface area contributed by atoms with E-state index < -0.39 is 4.92 Å². The summed E-state index contributed by atoms with van der Waals surface area (Å²) in [5, 5.41) is 13.5. The van der Waals surface area contributed by atoms with Crippen molar-refractivity contribution in [2.45, 2.75) is 9.79 Å². The summed E-state index contributed by atoms with van der Waals surface area (Å²) in [7, 11) is 0. The summed E-state index contributed by atoms with van der Waals surface area (Å²) in [5.41, 5.74) is 0.277. The normalized spacial score (nSPS) is 12.3. The second kappa shape index (κ2) is 3.95. The van der Waals surface area contributed by atoms with Gasteiger partial charge in [0.1, 0.15) is 17.8 Å². The molecular weight excluding hydrogens is 257 g/mol. The van der Waals surface area contributed by atoms with E-state index in [1.807, 2.05) is 0 Å². The highest BCUT2D eigenvalue weighted by Crippen LogP contribution is 2.44. The van der Waals surface area contributed by atoms with Crippen LogP contribution < -0.4 is 5.32 Å². The Morgan fingerprint density at radius 1 is 1.39 bits per heavy atom. The maximum atomic E-state index is 13.6. The van der Waals surface area contributed by atoms with Gasteiger partial charge in [-0.2, -0.15) is 0 Å². The van der Waals surface area contributed by atoms with Gasteiger partial charge in [-0.15, -0.1) is 0 Å². The molecule has 0 unspecified atom stereocenters. The third kappa shape index (κ3) is 1.68. The monoisotopic (exact) mass is 263 g/mol. The lowest BCUT2D eigenvalue weighted by Crippen LogP contribution is -2.04. The molecule has 1 aliphatic heterocycles. The van der Waals surface area contributed by atoms with E-state index in [2.05, 4.69) is 10.3 Å². The predicted octanol–water partition coefficient (Wildman–Crippen LogP) is 3.34. The molecule has 0 spiro atoms. The van der Waals surface area contributed by atoms with Gasteiger partial charge in [0.05, 0.1) is 15.5 Å². The number of hydrogen-bond donors (Lipinski definition) is 1. The van der Waals surface area contributed by atoms with Gasteiger partial charge in [0.15, 0.2) is 0 Å². The minimum atomic E-state index is -0.505. The Morgan fingerprint density at radius 3 is 3.00 bits per heavy atom. The summed E-state index contributed by atoms with van der Waals surface area (Å²) in [6.45, 7) is 0. The molecule has 1 aromatic carbocycles. The smallest absolute Gasteiger partial charge is 0.288 e. The van der Waals surface area contributed by atoms with E-state index in [9.17, 15) is 14.5 Å². The Morgan fingerprint density at radius 2 is 2.22 bits per heavy atom. The molecule has 1 aliphatic rings. The van der Waals surface area contributed by atoms with E-state index in [1.165, 1.54) is 23.9 Å². The van der Waals surface area contributed by atoms with Crippen LogP contribution in [0.3, 0.4) is 0 Å². The van der Waals surface area contributed by atoms with E-state index in [4.69, 9.17) is 0 Å². The van der Waals surface area contributed by atoms with Crippen molar-refractivity contribution in [3.63, 3.8) is 0 Å². The summed E-state index contributed by atoms with van der Waals surface area (Å²) in [6, 6.07) is 6.12. The number of aromatic nitrogens is 1. The molecule has 5 nitrogen and oxygen atoms in total. The Hall–Kier alpha value is -2.15. The van der Waals surface area contributed by atoms with Crippen LogP contribution in [0, 0.1) is 15.9 Å². The molecule has 0 bridgehead atoms. The summed E-state index contributed by atoms with van der Waals surface area (Å²) in [5.74, 6) is 0.0639. The van der Waals surface area contributed by atoms with Gasteiger partial charge in [-0.1, -0.05) is 17.8 Å². The standard InChI is InChI=1S/C11H6FN3O2S/c12-7-2-1-3-8-10(7)14-11-9(18-8)4-6(5-13-11)15(16)17/h1-5H,(H,13,14). The first-order chi connectivity index (χ1) is 8.65. The van der Waals surface area contributed by atoms with Crippen LogP contribution in [0.15, 0.2) is 40.3 Å². The number of para-hydroxylation sites is 1. The van der Waals surface area contributed by atoms with Gasteiger partial charge in [-0.3, -0.25) is 10.1 Å². The van der Waals surface area contributed by atoms with Crippen molar-refractivity contribution in [1.29, 1.82) is 0 Å². The first-order valence-corrected chi connectivity index (χ1v) is 5.84. The van der Waals surface area contributed by atoms with Crippen molar-refractivity contribution in [3.8, 4) is 0 Å². The second-order valence-electron chi connectivity index (χ2n) is 3.64. The largest absolute Gasteiger partial charge is 0.336 e. The number of nitrogens with zero attached hydrogens (tertiary/aromatic N) is 2. The maximum Gasteiger partial charge on any atom is 0.288 e. The van der Waals surface area contributed by atoms with E-state index in [-0.39, 0.29) is 11.5 Å². The van der Waals surface area contributed by atoms with E-state index >= 15 is 0 Å². The van der Waals surface area contributed by atoms with Crippen LogP contribution in [0.25, 0.3) is 0 Å². The first-order valence-electron chi connectivity index (χ1n) is 5.03. The number of halogens is 1. The van der Waals surface area contributed by atoms with Crippen LogP contribution in [0.1, 0.15) is 0 Å². The van der Waals surface area contributed by atoms with Gasteiger partial charge < -0.3 is 5.32 Å². The van der Waals surface area contributed by atoms with Crippen molar-refractivity contribution in [2.75, 3.05) is 5.32 Å². The van der Waals surface area contributed by atoms with Gasteiger partial charge in [0.2, 0.25) is 0 Å². The molecule has 1 aromatic heterocycles. The Bertz CT molecular complexity index is 663. The van der Waals surface area contributed by atoms with Crippen LogP contribution in [0.5, 0.6) is 0 Å². The lowest BCUT2D eigenvalue weighted by Gasteiger charge is -2.19. The first kappa shape index (κ1) is 11.0. The molecule has 90 valence electrons. The van der Waals surface area contributed by atoms with Gasteiger partial charge in [-0.25, -0.2) is 9.37 Å². The number of hydrogen-bond acceptors (Lipinski definition) is 5. The molecule has 0 fully saturated rings. The Kier molecular flexibility index (Phi) is 2.41. The molecule has 0 atom stereocenters. The van der Waals surface area contributed by atoms with Crippen molar-refractivity contribution >= 4 is 29.0 Å². The quantitative estimate of drug-likeness (QED) is 0.538. The summed E-state index contributed by atoms with van der Waals surface area (Å²) < 4.78 is 13.6. The number of fused-ring (bicyclic) bond motifs is 2. The van der Waals surface area contributed by atoms with E-state index in [1.54, 1.807) is 12.1 Å². The lowest BCUT2D eigenvalue weighted by atomic mass is 10.3. The van der Waals surface area contributed by atoms with Crippen molar-refractivity contribution in [3.05, 3.63) is 46.4 Å². The molecule has 0 saturated carbocycles. The molecular formula is C11H6FN3O2S. The highest BCUT2D eigenvalue weighted by Gasteiger charge is 2.21. The van der Waals surface area contributed by atoms with Crippen molar-refractivity contribution in [1.82, 2.24) is 4.98 Å². The molecule has 7 heteroatoms. The van der Waals surface area contributed by atoms with Crippen molar-refractivity contribution in [2.24, 2.45) is 0 Å². The van der Waals surface area contributed by atoms with Gasteiger partial charge >= 0.3 is 0 Å². The average molecular weight is 263 g/mol. The minimum absolute atomic E-state index is 0.0806. The zero-order chi connectivity index (χ0) is 12.7. The lowest BCUT2D eigenvalue weighted by molar-refractivity contribution is -0.385. The van der Waals surface area contributed by atoms with Crippen molar-refractivity contribution < 1.29 is 9.31 Å². The number of anilines is 2. The molecule has 2 aromatic rings. The number of nitrogens with one attached hydrogen (secondary N) is 1. The SMILES string of the molecule is O=[N+]([O-])c1cnc2c(c1)Sc1cccc(F)c1N2. The third-order valence-corrected chi connectivity index (χ3v) is 3.58. The molecule has 2 heterocycles. The fourth-order valence-corrected chi connectivity index (χ4v) is 2.67. The maximum absolute atomic E-state index is 13.6. The number of nitro groups is 1. The second-order valence-corrected chi connectivity index (χ2v) is 4.72. The highest BCUT2D eigenvalue weighted by molar-refractivity contribution is 7.99. The highest BCUT2D eigenvalue weighted by atomic mass is 32.2. The summed E-state index contributed by atoms with van der Waals surface area (Å²) in [4.78, 5) is 15.4. The topological polar surface area (TPSA) is 68.1 Å². The minimum Gasteiger partial charge on any atom is -0.336 e. The van der Waals surface area contributed by atoms with Crippen LogP contribution in [0.2, 0.25) is 0 Å². The molecule has 0 aliphatic carbocycles. The summed E-state index contributed by atoms with van der Waals surface area (Å²) >= 11 is 1.26. The fraction of sp³-hybridized carbons (Fsp3) is 0. The Labute approximate surface area is 105 Å². The Balaban J connectivity index is 2.08. The average Bonchev–Trinajstić information content (AvgIpc) is 2.36. The third-order valence-electron chi connectivity index (χ3n) is 2.49. The fourth-order valence-electron chi connectivity index (χ4n) is 1.65. The molecule has 18 heavy (non-hydrogen) atoms. The van der Waals surface area contributed by atoms with Crippen LogP contribution in [-0.2, 0) is 0 Å². The van der Waals surface area contributed by atoms with Crippen LogP contribution in [0.4, 0.5) is 21.6 Å². The van der Waals surface area contributed by atoms with E-state index in [0.29, 0.717) is 21.3 Å². The van der Waals surface area contributed by atoms with Gasteiger partial charge in [0.25, 0.3) is 5.69 Å². The molecule has 0 amide bonds. The summed E-state index contributed by atoms with van der Waals surface area (Å²) in [6.07, 6.45) is 1.15. The van der Waals surface area contributed by atoms with E-state index in [0.717, 1.165) is 6.20 Å². The molecule has 1 N–H and O–H groups in total. The predicted molar refractivity (Wildman–Crippen MR) is 64.7 cm³/mol. The number of rotatable bonds is 1. The van der Waals surface area contributed by atoms with Gasteiger partial charge in [0, 0.05) is 11.0 Å². The van der Waals surface area contributed by atoms with Crippen LogP contribution in [-0.4, -0.2) is 9.91 Å². The molecule has 0 radical (unpaired) electrons.